The largest absolute Gasteiger partial charge is 0.465 e. The van der Waals surface area contributed by atoms with Crippen molar-refractivity contribution in [3.63, 3.8) is 0 Å². The first-order valence-corrected chi connectivity index (χ1v) is 6.74. The van der Waals surface area contributed by atoms with Gasteiger partial charge in [0, 0.05) is 25.7 Å². The van der Waals surface area contributed by atoms with Crippen molar-refractivity contribution in [2.75, 3.05) is 26.2 Å². The number of nitrogens with one attached hydrogen (secondary N) is 1. The molecule has 4 heteroatoms. The van der Waals surface area contributed by atoms with Gasteiger partial charge in [-0.3, -0.25) is 9.69 Å². The molecule has 1 aliphatic rings. The van der Waals surface area contributed by atoms with Crippen LogP contribution in [0.5, 0.6) is 0 Å². The highest BCUT2D eigenvalue weighted by Crippen LogP contribution is 2.18. The monoisotopic (exact) mass is 242 g/mol. The first-order valence-electron chi connectivity index (χ1n) is 6.74. The van der Waals surface area contributed by atoms with E-state index in [1.54, 1.807) is 0 Å². The molecule has 0 aliphatic carbocycles. The molecule has 1 saturated heterocycles. The summed E-state index contributed by atoms with van der Waals surface area (Å²) >= 11 is 0. The van der Waals surface area contributed by atoms with Gasteiger partial charge in [-0.05, 0) is 19.8 Å². The van der Waals surface area contributed by atoms with Crippen molar-refractivity contribution in [2.24, 2.45) is 5.92 Å². The summed E-state index contributed by atoms with van der Waals surface area (Å²) < 4.78 is 5.15. The minimum absolute atomic E-state index is 0.0881. The number of hydrogen-bond donors (Lipinski definition) is 1. The summed E-state index contributed by atoms with van der Waals surface area (Å²) in [5.41, 5.74) is 0. The maximum Gasteiger partial charge on any atom is 0.324 e. The molecule has 0 aromatic heterocycles. The Kier molecular flexibility index (Phi) is 5.92. The van der Waals surface area contributed by atoms with E-state index in [2.05, 4.69) is 31.0 Å². The van der Waals surface area contributed by atoms with Gasteiger partial charge in [-0.2, -0.15) is 0 Å². The van der Waals surface area contributed by atoms with Crippen LogP contribution in [-0.2, 0) is 9.53 Å². The number of rotatable bonds is 5. The molecular weight excluding hydrogens is 216 g/mol. The Morgan fingerprint density at radius 3 is 2.76 bits per heavy atom. The van der Waals surface area contributed by atoms with Crippen molar-refractivity contribution in [1.82, 2.24) is 10.2 Å². The zero-order valence-electron chi connectivity index (χ0n) is 11.5. The van der Waals surface area contributed by atoms with Gasteiger partial charge in [0.15, 0.2) is 0 Å². The maximum atomic E-state index is 11.9. The third-order valence-corrected chi connectivity index (χ3v) is 3.83. The Morgan fingerprint density at radius 2 is 2.18 bits per heavy atom. The van der Waals surface area contributed by atoms with Crippen LogP contribution < -0.4 is 5.32 Å². The summed E-state index contributed by atoms with van der Waals surface area (Å²) in [6.07, 6.45) is 1.14. The van der Waals surface area contributed by atoms with Crippen molar-refractivity contribution >= 4 is 5.97 Å². The van der Waals surface area contributed by atoms with E-state index in [1.807, 2.05) is 6.92 Å². The molecule has 0 aromatic carbocycles. The van der Waals surface area contributed by atoms with E-state index in [-0.39, 0.29) is 12.0 Å². The number of nitrogens with zero attached hydrogens (tertiary/aromatic N) is 1. The fourth-order valence-corrected chi connectivity index (χ4v) is 2.33. The van der Waals surface area contributed by atoms with Gasteiger partial charge in [0.05, 0.1) is 6.61 Å². The predicted molar refractivity (Wildman–Crippen MR) is 68.9 cm³/mol. The molecule has 0 radical (unpaired) electrons. The van der Waals surface area contributed by atoms with Crippen LogP contribution in [-0.4, -0.2) is 49.2 Å². The Hall–Kier alpha value is -0.610. The van der Waals surface area contributed by atoms with Crippen LogP contribution in [0.25, 0.3) is 0 Å². The average molecular weight is 242 g/mol. The number of hydrogen-bond acceptors (Lipinski definition) is 4. The topological polar surface area (TPSA) is 41.6 Å². The van der Waals surface area contributed by atoms with Gasteiger partial charge in [-0.1, -0.05) is 20.3 Å². The van der Waals surface area contributed by atoms with Crippen LogP contribution in [0, 0.1) is 5.92 Å². The number of ether oxygens (including phenoxy) is 1. The second-order valence-corrected chi connectivity index (χ2v) is 4.84. The van der Waals surface area contributed by atoms with Crippen LogP contribution in [0.4, 0.5) is 0 Å². The molecule has 100 valence electrons. The number of esters is 1. The summed E-state index contributed by atoms with van der Waals surface area (Å²) in [7, 11) is 0. The zero-order valence-corrected chi connectivity index (χ0v) is 11.5. The lowest BCUT2D eigenvalue weighted by Crippen LogP contribution is -2.59. The van der Waals surface area contributed by atoms with Crippen LogP contribution in [0.2, 0.25) is 0 Å². The average Bonchev–Trinajstić information content (AvgIpc) is 2.37. The molecule has 1 aliphatic heterocycles. The fraction of sp³-hybridized carbons (Fsp3) is 0.923. The van der Waals surface area contributed by atoms with Gasteiger partial charge < -0.3 is 10.1 Å². The van der Waals surface area contributed by atoms with Gasteiger partial charge >= 0.3 is 5.97 Å². The Balaban J connectivity index is 2.68. The Labute approximate surface area is 105 Å². The maximum absolute atomic E-state index is 11.9. The molecule has 3 atom stereocenters. The smallest absolute Gasteiger partial charge is 0.324 e. The van der Waals surface area contributed by atoms with E-state index in [0.29, 0.717) is 25.1 Å². The molecule has 0 saturated carbocycles. The summed E-state index contributed by atoms with van der Waals surface area (Å²) in [5, 5.41) is 3.27. The van der Waals surface area contributed by atoms with E-state index in [0.717, 1.165) is 19.5 Å². The normalized spacial score (nSPS) is 25.3. The molecule has 0 bridgehead atoms. The molecule has 1 rings (SSSR count). The van der Waals surface area contributed by atoms with E-state index < -0.39 is 0 Å². The van der Waals surface area contributed by atoms with Crippen LogP contribution in [0.15, 0.2) is 0 Å². The fourth-order valence-electron chi connectivity index (χ4n) is 2.33. The third kappa shape index (κ3) is 3.68. The van der Waals surface area contributed by atoms with Crippen molar-refractivity contribution in [2.45, 2.75) is 46.2 Å². The molecule has 4 nitrogen and oxygen atoms in total. The van der Waals surface area contributed by atoms with Crippen molar-refractivity contribution in [3.8, 4) is 0 Å². The highest BCUT2D eigenvalue weighted by molar-refractivity contribution is 5.76. The summed E-state index contributed by atoms with van der Waals surface area (Å²) in [5.74, 6) is 0.514. The molecule has 17 heavy (non-hydrogen) atoms. The SMILES string of the molecule is CCOC(=O)C1CNCCN1C(C)C(C)CC. The highest BCUT2D eigenvalue weighted by atomic mass is 16.5. The molecule has 1 fully saturated rings. The molecule has 1 heterocycles. The lowest BCUT2D eigenvalue weighted by molar-refractivity contribution is -0.151. The summed E-state index contributed by atoms with van der Waals surface area (Å²) in [4.78, 5) is 14.2. The lowest BCUT2D eigenvalue weighted by atomic mass is 9.97. The van der Waals surface area contributed by atoms with Gasteiger partial charge in [0.1, 0.15) is 6.04 Å². The van der Waals surface area contributed by atoms with E-state index in [1.165, 1.54) is 0 Å². The Morgan fingerprint density at radius 1 is 1.47 bits per heavy atom. The summed E-state index contributed by atoms with van der Waals surface area (Å²) in [6.45, 7) is 11.6. The van der Waals surface area contributed by atoms with E-state index in [9.17, 15) is 4.79 Å². The minimum atomic E-state index is -0.118. The number of carbonyl (C=O) groups is 1. The van der Waals surface area contributed by atoms with Crippen molar-refractivity contribution in [3.05, 3.63) is 0 Å². The van der Waals surface area contributed by atoms with Crippen molar-refractivity contribution < 1.29 is 9.53 Å². The second-order valence-electron chi connectivity index (χ2n) is 4.84. The number of piperazine rings is 1. The molecule has 0 spiro atoms. The van der Waals surface area contributed by atoms with Crippen LogP contribution in [0.3, 0.4) is 0 Å². The second kappa shape index (κ2) is 6.97. The minimum Gasteiger partial charge on any atom is -0.465 e. The van der Waals surface area contributed by atoms with E-state index in [4.69, 9.17) is 4.74 Å². The summed E-state index contributed by atoms with van der Waals surface area (Å²) in [6, 6.07) is 0.309. The number of carbonyl (C=O) groups excluding carboxylic acids is 1. The first kappa shape index (κ1) is 14.5. The van der Waals surface area contributed by atoms with Gasteiger partial charge in [0.2, 0.25) is 0 Å². The molecule has 0 aromatic rings. The molecule has 3 unspecified atom stereocenters. The Bertz CT molecular complexity index is 246. The quantitative estimate of drug-likeness (QED) is 0.737. The van der Waals surface area contributed by atoms with Crippen LogP contribution in [0.1, 0.15) is 34.1 Å². The molecule has 0 amide bonds. The van der Waals surface area contributed by atoms with E-state index >= 15 is 0 Å². The van der Waals surface area contributed by atoms with Crippen molar-refractivity contribution in [1.29, 1.82) is 0 Å². The molecular formula is C13H26N2O2. The standard InChI is InChI=1S/C13H26N2O2/c1-5-10(3)11(4)15-8-7-14-9-12(15)13(16)17-6-2/h10-12,14H,5-9H2,1-4H3. The highest BCUT2D eigenvalue weighted by Gasteiger charge is 2.34. The van der Waals surface area contributed by atoms with Gasteiger partial charge in [-0.15, -0.1) is 0 Å². The zero-order chi connectivity index (χ0) is 12.8. The van der Waals surface area contributed by atoms with Crippen LogP contribution >= 0.6 is 0 Å². The third-order valence-electron chi connectivity index (χ3n) is 3.83. The van der Waals surface area contributed by atoms with Gasteiger partial charge in [0.25, 0.3) is 0 Å². The lowest BCUT2D eigenvalue weighted by Gasteiger charge is -2.40. The predicted octanol–water partition coefficient (Wildman–Crippen LogP) is 1.26. The van der Waals surface area contributed by atoms with Gasteiger partial charge in [-0.25, -0.2) is 0 Å². The first-order chi connectivity index (χ1) is 8.11. The molecule has 1 N–H and O–H groups in total.